The molecular weight excluding hydrogens is 352 g/mol. The van der Waals surface area contributed by atoms with Crippen molar-refractivity contribution in [3.8, 4) is 16.9 Å². The Morgan fingerprint density at radius 3 is 2.32 bits per heavy atom. The molecule has 4 nitrogen and oxygen atoms in total. The quantitative estimate of drug-likeness (QED) is 0.279. The summed E-state index contributed by atoms with van der Waals surface area (Å²) < 4.78 is 11.0. The zero-order valence-electron chi connectivity index (χ0n) is 15.6. The van der Waals surface area contributed by atoms with E-state index in [0.717, 1.165) is 22.1 Å². The highest BCUT2D eigenvalue weighted by Gasteiger charge is 2.15. The maximum Gasteiger partial charge on any atom is 0.344 e. The van der Waals surface area contributed by atoms with Crippen LogP contribution in [0.5, 0.6) is 5.75 Å². The molecule has 0 saturated heterocycles. The molecule has 0 amide bonds. The van der Waals surface area contributed by atoms with Crippen LogP contribution in [0.3, 0.4) is 0 Å². The van der Waals surface area contributed by atoms with Crippen LogP contribution in [-0.4, -0.2) is 5.97 Å². The van der Waals surface area contributed by atoms with Crippen LogP contribution < -0.4 is 10.4 Å². The third kappa shape index (κ3) is 3.32. The minimum atomic E-state index is -0.459. The van der Waals surface area contributed by atoms with E-state index in [0.29, 0.717) is 22.5 Å². The molecular formula is C24H18O4. The van der Waals surface area contributed by atoms with E-state index in [1.807, 2.05) is 56.3 Å². The lowest BCUT2D eigenvalue weighted by Gasteiger charge is -2.10. The predicted molar refractivity (Wildman–Crippen MR) is 109 cm³/mol. The minimum absolute atomic E-state index is 0.327. The van der Waals surface area contributed by atoms with Gasteiger partial charge in [0.05, 0.1) is 11.1 Å². The Kier molecular flexibility index (Phi) is 4.53. The summed E-state index contributed by atoms with van der Waals surface area (Å²) in [6, 6.07) is 21.6. The van der Waals surface area contributed by atoms with Crippen LogP contribution in [0.15, 0.2) is 82.0 Å². The van der Waals surface area contributed by atoms with Crippen molar-refractivity contribution in [2.75, 3.05) is 0 Å². The second kappa shape index (κ2) is 7.16. The lowest BCUT2D eigenvalue weighted by atomic mass is 10.00. The summed E-state index contributed by atoms with van der Waals surface area (Å²) in [6.45, 7) is 3.84. The predicted octanol–water partition coefficient (Wildman–Crippen LogP) is 5.30. The van der Waals surface area contributed by atoms with E-state index in [1.54, 1.807) is 30.3 Å². The first kappa shape index (κ1) is 17.7. The van der Waals surface area contributed by atoms with Gasteiger partial charge in [-0.1, -0.05) is 48.0 Å². The van der Waals surface area contributed by atoms with Crippen LogP contribution in [0.1, 0.15) is 21.5 Å². The summed E-state index contributed by atoms with van der Waals surface area (Å²) in [5.41, 5.74) is 3.67. The number of carbonyl (C=O) groups is 1. The van der Waals surface area contributed by atoms with Crippen molar-refractivity contribution in [3.63, 3.8) is 0 Å². The van der Waals surface area contributed by atoms with Crippen LogP contribution in [0.2, 0.25) is 0 Å². The molecule has 0 aliphatic carbocycles. The van der Waals surface area contributed by atoms with Crippen molar-refractivity contribution in [1.82, 2.24) is 0 Å². The van der Waals surface area contributed by atoms with E-state index in [1.165, 1.54) is 0 Å². The van der Waals surface area contributed by atoms with E-state index < -0.39 is 11.6 Å². The minimum Gasteiger partial charge on any atom is -0.423 e. The van der Waals surface area contributed by atoms with Gasteiger partial charge in [0.15, 0.2) is 0 Å². The van der Waals surface area contributed by atoms with Gasteiger partial charge in [0.2, 0.25) is 0 Å². The third-order valence-corrected chi connectivity index (χ3v) is 4.70. The summed E-state index contributed by atoms with van der Waals surface area (Å²) in [4.78, 5) is 24.9. The molecule has 28 heavy (non-hydrogen) atoms. The van der Waals surface area contributed by atoms with Crippen molar-refractivity contribution in [1.29, 1.82) is 0 Å². The molecule has 0 aliphatic heterocycles. The zero-order valence-corrected chi connectivity index (χ0v) is 15.6. The van der Waals surface area contributed by atoms with Crippen LogP contribution in [0.25, 0.3) is 22.1 Å². The van der Waals surface area contributed by atoms with Crippen molar-refractivity contribution >= 4 is 16.9 Å². The van der Waals surface area contributed by atoms with Crippen molar-refractivity contribution in [3.05, 3.63) is 99.9 Å². The highest BCUT2D eigenvalue weighted by molar-refractivity contribution is 5.92. The summed E-state index contributed by atoms with van der Waals surface area (Å²) in [5.74, 6) is -0.132. The van der Waals surface area contributed by atoms with Gasteiger partial charge in [-0.05, 0) is 49.2 Å². The SMILES string of the molecule is Cc1ccc(C(=O)Oc2ccc3c(C)c(-c4ccccc4)c(=O)oc3c2)cc1. The smallest absolute Gasteiger partial charge is 0.344 e. The van der Waals surface area contributed by atoms with Gasteiger partial charge in [-0.15, -0.1) is 0 Å². The number of hydrogen-bond acceptors (Lipinski definition) is 4. The Labute approximate surface area is 162 Å². The number of fused-ring (bicyclic) bond motifs is 1. The number of ether oxygens (including phenoxy) is 1. The largest absolute Gasteiger partial charge is 0.423 e. The number of hydrogen-bond donors (Lipinski definition) is 0. The van der Waals surface area contributed by atoms with Crippen LogP contribution in [-0.2, 0) is 0 Å². The lowest BCUT2D eigenvalue weighted by molar-refractivity contribution is 0.0735. The topological polar surface area (TPSA) is 56.5 Å². The summed E-state index contributed by atoms with van der Waals surface area (Å²) in [6.07, 6.45) is 0. The second-order valence-corrected chi connectivity index (χ2v) is 6.67. The fourth-order valence-electron chi connectivity index (χ4n) is 3.19. The van der Waals surface area contributed by atoms with Gasteiger partial charge < -0.3 is 9.15 Å². The van der Waals surface area contributed by atoms with E-state index in [-0.39, 0.29) is 0 Å². The first-order valence-corrected chi connectivity index (χ1v) is 8.94. The first-order valence-electron chi connectivity index (χ1n) is 8.94. The van der Waals surface area contributed by atoms with Gasteiger partial charge in [0.1, 0.15) is 11.3 Å². The maximum absolute atomic E-state index is 12.6. The van der Waals surface area contributed by atoms with Gasteiger partial charge >= 0.3 is 11.6 Å². The molecule has 4 heteroatoms. The normalized spacial score (nSPS) is 10.8. The fraction of sp³-hybridized carbons (Fsp3) is 0.0833. The number of esters is 1. The second-order valence-electron chi connectivity index (χ2n) is 6.67. The van der Waals surface area contributed by atoms with Gasteiger partial charge in [-0.2, -0.15) is 0 Å². The Balaban J connectivity index is 1.71. The Morgan fingerprint density at radius 2 is 1.61 bits per heavy atom. The Hall–Kier alpha value is -3.66. The number of aryl methyl sites for hydroxylation is 2. The molecule has 0 bridgehead atoms. The van der Waals surface area contributed by atoms with Crippen molar-refractivity contribution in [2.24, 2.45) is 0 Å². The molecule has 0 fully saturated rings. The molecule has 4 rings (SSSR count). The molecule has 0 unspecified atom stereocenters. The molecule has 1 heterocycles. The zero-order chi connectivity index (χ0) is 19.7. The molecule has 0 spiro atoms. The third-order valence-electron chi connectivity index (χ3n) is 4.70. The average molecular weight is 370 g/mol. The summed E-state index contributed by atoms with van der Waals surface area (Å²) in [7, 11) is 0. The van der Waals surface area contributed by atoms with Crippen LogP contribution in [0, 0.1) is 13.8 Å². The number of carbonyl (C=O) groups excluding carboxylic acids is 1. The van der Waals surface area contributed by atoms with Crippen LogP contribution in [0.4, 0.5) is 0 Å². The lowest BCUT2D eigenvalue weighted by Crippen LogP contribution is -2.09. The Morgan fingerprint density at radius 1 is 0.893 bits per heavy atom. The van der Waals surface area contributed by atoms with E-state index >= 15 is 0 Å². The molecule has 0 atom stereocenters. The summed E-state index contributed by atoms with van der Waals surface area (Å²) in [5, 5.41) is 0.800. The molecule has 1 aromatic heterocycles. The van der Waals surface area contributed by atoms with Gasteiger partial charge in [-0.3, -0.25) is 0 Å². The molecule has 0 N–H and O–H groups in total. The maximum atomic E-state index is 12.6. The standard InChI is InChI=1S/C24H18O4/c1-15-8-10-18(11-9-15)23(25)27-19-12-13-20-16(2)22(17-6-4-3-5-7-17)24(26)28-21(20)14-19/h3-14H,1-2H3. The average Bonchev–Trinajstić information content (AvgIpc) is 2.69. The fourth-order valence-corrected chi connectivity index (χ4v) is 3.19. The monoisotopic (exact) mass is 370 g/mol. The molecule has 4 aromatic rings. The number of rotatable bonds is 3. The van der Waals surface area contributed by atoms with E-state index in [2.05, 4.69) is 0 Å². The molecule has 3 aromatic carbocycles. The van der Waals surface area contributed by atoms with E-state index in [9.17, 15) is 9.59 Å². The Bertz CT molecular complexity index is 1220. The molecule has 138 valence electrons. The van der Waals surface area contributed by atoms with E-state index in [4.69, 9.17) is 9.15 Å². The van der Waals surface area contributed by atoms with Gasteiger partial charge in [0.25, 0.3) is 0 Å². The highest BCUT2D eigenvalue weighted by atomic mass is 16.5. The first-order chi connectivity index (χ1) is 13.5. The molecule has 0 radical (unpaired) electrons. The highest BCUT2D eigenvalue weighted by Crippen LogP contribution is 2.29. The molecule has 0 saturated carbocycles. The van der Waals surface area contributed by atoms with Crippen LogP contribution >= 0.6 is 0 Å². The van der Waals surface area contributed by atoms with Crippen molar-refractivity contribution in [2.45, 2.75) is 13.8 Å². The molecule has 0 aliphatic rings. The van der Waals surface area contributed by atoms with Gasteiger partial charge in [0, 0.05) is 11.5 Å². The van der Waals surface area contributed by atoms with Gasteiger partial charge in [-0.25, -0.2) is 9.59 Å². The summed E-state index contributed by atoms with van der Waals surface area (Å²) >= 11 is 0. The van der Waals surface area contributed by atoms with Crippen molar-refractivity contribution < 1.29 is 13.9 Å². The number of benzene rings is 3.